The average Bonchev–Trinajstić information content (AvgIpc) is 2.43. The van der Waals surface area contributed by atoms with Gasteiger partial charge in [0, 0.05) is 20.1 Å². The zero-order valence-corrected chi connectivity index (χ0v) is 6.17. The van der Waals surface area contributed by atoms with Crippen LogP contribution in [0.3, 0.4) is 0 Å². The van der Waals surface area contributed by atoms with Gasteiger partial charge in [-0.3, -0.25) is 4.99 Å². The van der Waals surface area contributed by atoms with Crippen molar-refractivity contribution in [1.82, 2.24) is 4.90 Å². The molecule has 1 aliphatic rings. The summed E-state index contributed by atoms with van der Waals surface area (Å²) in [4.78, 5) is 5.90. The van der Waals surface area contributed by atoms with Crippen molar-refractivity contribution in [3.05, 3.63) is 0 Å². The third-order valence-corrected chi connectivity index (χ3v) is 1.72. The fourth-order valence-electron chi connectivity index (χ4n) is 1.19. The fourth-order valence-corrected chi connectivity index (χ4v) is 1.19. The molecule has 0 N–H and O–H groups in total. The largest absolute Gasteiger partial charge is 0.348 e. The number of aliphatic imine (C=N–C) groups is 1. The van der Waals surface area contributed by atoms with Gasteiger partial charge >= 0.3 is 0 Å². The van der Waals surface area contributed by atoms with E-state index in [0.29, 0.717) is 5.84 Å². The molecule has 3 heteroatoms. The molecule has 10 heavy (non-hydrogen) atoms. The van der Waals surface area contributed by atoms with Crippen molar-refractivity contribution in [3.63, 3.8) is 0 Å². The van der Waals surface area contributed by atoms with Crippen molar-refractivity contribution < 1.29 is 0 Å². The van der Waals surface area contributed by atoms with Gasteiger partial charge in [0.25, 0.3) is 0 Å². The molecule has 0 bridgehead atoms. The van der Waals surface area contributed by atoms with Crippen LogP contribution in [0.25, 0.3) is 0 Å². The topological polar surface area (TPSA) is 39.4 Å². The Morgan fingerprint density at radius 3 is 2.50 bits per heavy atom. The van der Waals surface area contributed by atoms with Crippen LogP contribution in [0.5, 0.6) is 0 Å². The van der Waals surface area contributed by atoms with Gasteiger partial charge < -0.3 is 4.90 Å². The van der Waals surface area contributed by atoms with Crippen LogP contribution in [0.1, 0.15) is 12.8 Å². The van der Waals surface area contributed by atoms with Gasteiger partial charge in [-0.25, -0.2) is 0 Å². The maximum atomic E-state index is 8.56. The third kappa shape index (κ3) is 1.27. The highest BCUT2D eigenvalue weighted by molar-refractivity contribution is 5.96. The summed E-state index contributed by atoms with van der Waals surface area (Å²) in [5, 5.41) is 8.56. The molecular weight excluding hydrogens is 126 g/mol. The molecule has 1 rings (SSSR count). The van der Waals surface area contributed by atoms with Crippen LogP contribution < -0.4 is 0 Å². The second-order valence-corrected chi connectivity index (χ2v) is 2.35. The Kier molecular flexibility index (Phi) is 2.27. The second kappa shape index (κ2) is 3.21. The maximum Gasteiger partial charge on any atom is 0.203 e. The first-order valence-corrected chi connectivity index (χ1v) is 3.50. The minimum absolute atomic E-state index is 0.581. The molecule has 0 amide bonds. The molecule has 54 valence electrons. The molecule has 1 aliphatic heterocycles. The predicted molar refractivity (Wildman–Crippen MR) is 39.8 cm³/mol. The normalized spacial score (nSPS) is 19.2. The standard InChI is InChI=1S/C7H11N3/c1-9-7(6-8)10-4-2-3-5-10/h2-5H2,1H3. The molecular formula is C7H11N3. The van der Waals surface area contributed by atoms with Crippen molar-refractivity contribution in [1.29, 1.82) is 5.26 Å². The first-order chi connectivity index (χ1) is 4.88. The first-order valence-electron chi connectivity index (χ1n) is 3.50. The van der Waals surface area contributed by atoms with Crippen molar-refractivity contribution in [2.75, 3.05) is 20.1 Å². The molecule has 0 radical (unpaired) electrons. The van der Waals surface area contributed by atoms with Crippen LogP contribution in [-0.4, -0.2) is 30.9 Å². The van der Waals surface area contributed by atoms with Crippen LogP contribution in [0.4, 0.5) is 0 Å². The van der Waals surface area contributed by atoms with Gasteiger partial charge in [0.15, 0.2) is 0 Å². The molecule has 0 spiro atoms. The molecule has 0 aromatic carbocycles. The first kappa shape index (κ1) is 7.07. The van der Waals surface area contributed by atoms with Crippen molar-refractivity contribution >= 4 is 5.84 Å². The molecule has 0 aliphatic carbocycles. The Hall–Kier alpha value is -1.04. The second-order valence-electron chi connectivity index (χ2n) is 2.35. The number of rotatable bonds is 0. The summed E-state index contributed by atoms with van der Waals surface area (Å²) in [5.74, 6) is 0.581. The zero-order chi connectivity index (χ0) is 7.40. The summed E-state index contributed by atoms with van der Waals surface area (Å²) in [6, 6.07) is 2.07. The lowest BCUT2D eigenvalue weighted by atomic mass is 10.4. The van der Waals surface area contributed by atoms with Crippen LogP contribution >= 0.6 is 0 Å². The van der Waals surface area contributed by atoms with Crippen LogP contribution in [0.15, 0.2) is 4.99 Å². The van der Waals surface area contributed by atoms with Crippen LogP contribution in [-0.2, 0) is 0 Å². The average molecular weight is 137 g/mol. The summed E-state index contributed by atoms with van der Waals surface area (Å²) in [6.07, 6.45) is 2.39. The van der Waals surface area contributed by atoms with Gasteiger partial charge in [0.1, 0.15) is 6.07 Å². The molecule has 1 saturated heterocycles. The van der Waals surface area contributed by atoms with Gasteiger partial charge in [-0.2, -0.15) is 5.26 Å². The predicted octanol–water partition coefficient (Wildman–Crippen LogP) is 0.634. The molecule has 0 saturated carbocycles. The smallest absolute Gasteiger partial charge is 0.203 e. The molecule has 1 fully saturated rings. The Balaban J connectivity index is 2.55. The number of hydrogen-bond donors (Lipinski definition) is 0. The van der Waals surface area contributed by atoms with E-state index in [2.05, 4.69) is 11.1 Å². The molecule has 0 atom stereocenters. The van der Waals surface area contributed by atoms with E-state index >= 15 is 0 Å². The Bertz CT molecular complexity index is 172. The van der Waals surface area contributed by atoms with E-state index in [-0.39, 0.29) is 0 Å². The SMILES string of the molecule is CN=C(C#N)N1CCCC1. The van der Waals surface area contributed by atoms with Gasteiger partial charge in [0.05, 0.1) is 0 Å². The Morgan fingerprint density at radius 1 is 1.50 bits per heavy atom. The van der Waals surface area contributed by atoms with E-state index in [1.165, 1.54) is 12.8 Å². The molecule has 1 heterocycles. The van der Waals surface area contributed by atoms with E-state index in [0.717, 1.165) is 13.1 Å². The lowest BCUT2D eigenvalue weighted by Crippen LogP contribution is -2.26. The highest BCUT2D eigenvalue weighted by atomic mass is 15.2. The molecule has 0 aromatic rings. The van der Waals surface area contributed by atoms with Gasteiger partial charge in [-0.1, -0.05) is 0 Å². The van der Waals surface area contributed by atoms with Gasteiger partial charge in [0.2, 0.25) is 5.84 Å². The number of nitriles is 1. The van der Waals surface area contributed by atoms with E-state index in [9.17, 15) is 0 Å². The number of hydrogen-bond acceptors (Lipinski definition) is 2. The van der Waals surface area contributed by atoms with Crippen molar-refractivity contribution in [2.24, 2.45) is 4.99 Å². The number of amidine groups is 1. The summed E-state index contributed by atoms with van der Waals surface area (Å²) < 4.78 is 0. The van der Waals surface area contributed by atoms with E-state index in [1.54, 1.807) is 7.05 Å². The van der Waals surface area contributed by atoms with Crippen LogP contribution in [0.2, 0.25) is 0 Å². The summed E-state index contributed by atoms with van der Waals surface area (Å²) >= 11 is 0. The van der Waals surface area contributed by atoms with Crippen LogP contribution in [0, 0.1) is 11.3 Å². The maximum absolute atomic E-state index is 8.56. The minimum atomic E-state index is 0.581. The van der Waals surface area contributed by atoms with Gasteiger partial charge in [-0.05, 0) is 12.8 Å². The van der Waals surface area contributed by atoms with E-state index in [1.807, 2.05) is 4.90 Å². The lowest BCUT2D eigenvalue weighted by molar-refractivity contribution is 0.523. The summed E-state index contributed by atoms with van der Waals surface area (Å²) in [5.41, 5.74) is 0. The summed E-state index contributed by atoms with van der Waals surface area (Å²) in [6.45, 7) is 2.00. The monoisotopic (exact) mass is 137 g/mol. The highest BCUT2D eigenvalue weighted by Gasteiger charge is 2.14. The summed E-state index contributed by atoms with van der Waals surface area (Å²) in [7, 11) is 1.66. The van der Waals surface area contributed by atoms with Crippen molar-refractivity contribution in [2.45, 2.75) is 12.8 Å². The highest BCUT2D eigenvalue weighted by Crippen LogP contribution is 2.07. The van der Waals surface area contributed by atoms with Crippen molar-refractivity contribution in [3.8, 4) is 6.07 Å². The lowest BCUT2D eigenvalue weighted by Gasteiger charge is -2.12. The Labute approximate surface area is 61.0 Å². The molecule has 0 aromatic heterocycles. The third-order valence-electron chi connectivity index (χ3n) is 1.72. The van der Waals surface area contributed by atoms with E-state index in [4.69, 9.17) is 5.26 Å². The Morgan fingerprint density at radius 2 is 2.10 bits per heavy atom. The van der Waals surface area contributed by atoms with E-state index < -0.39 is 0 Å². The fraction of sp³-hybridized carbons (Fsp3) is 0.714. The molecule has 3 nitrogen and oxygen atoms in total. The quantitative estimate of drug-likeness (QED) is 0.363. The minimum Gasteiger partial charge on any atom is -0.348 e. The number of likely N-dealkylation sites (tertiary alicyclic amines) is 1. The number of nitrogens with zero attached hydrogens (tertiary/aromatic N) is 3. The van der Waals surface area contributed by atoms with Gasteiger partial charge in [-0.15, -0.1) is 0 Å². The zero-order valence-electron chi connectivity index (χ0n) is 6.17. The molecule has 0 unspecified atom stereocenters.